The summed E-state index contributed by atoms with van der Waals surface area (Å²) >= 11 is 0. The minimum absolute atomic E-state index is 0.103. The zero-order valence-corrected chi connectivity index (χ0v) is 11.7. The summed E-state index contributed by atoms with van der Waals surface area (Å²) in [6.07, 6.45) is 3.42. The number of carbonyl (C=O) groups excluding carboxylic acids is 1. The van der Waals surface area contributed by atoms with Crippen molar-refractivity contribution in [1.29, 1.82) is 0 Å². The summed E-state index contributed by atoms with van der Waals surface area (Å²) in [6, 6.07) is 6.79. The molecule has 1 aromatic carbocycles. The highest BCUT2D eigenvalue weighted by molar-refractivity contribution is 5.97. The second-order valence-corrected chi connectivity index (χ2v) is 5.79. The standard InChI is InChI=1S/C16H22FNO/c1-12(2)9-10-18(13-7-8-13)11-16(19)14-5-3-4-6-15(14)17/h3-6,12-13H,7-11H2,1-2H3. The number of carbonyl (C=O) groups is 1. The topological polar surface area (TPSA) is 20.3 Å². The lowest BCUT2D eigenvalue weighted by Crippen LogP contribution is -2.33. The Morgan fingerprint density at radius 1 is 1.37 bits per heavy atom. The molecule has 2 rings (SSSR count). The fourth-order valence-corrected chi connectivity index (χ4v) is 2.21. The molecule has 0 radical (unpaired) electrons. The van der Waals surface area contributed by atoms with Crippen molar-refractivity contribution in [2.75, 3.05) is 13.1 Å². The van der Waals surface area contributed by atoms with E-state index in [0.29, 0.717) is 18.5 Å². The van der Waals surface area contributed by atoms with Crippen molar-refractivity contribution < 1.29 is 9.18 Å². The van der Waals surface area contributed by atoms with E-state index in [4.69, 9.17) is 0 Å². The number of Topliss-reactive ketones (excluding diaryl/α,β-unsaturated/α-hetero) is 1. The minimum Gasteiger partial charge on any atom is -0.293 e. The molecule has 0 atom stereocenters. The molecule has 1 saturated carbocycles. The van der Waals surface area contributed by atoms with Crippen LogP contribution in [0.5, 0.6) is 0 Å². The first-order valence-electron chi connectivity index (χ1n) is 7.09. The SMILES string of the molecule is CC(C)CCN(CC(=O)c1ccccc1F)C1CC1. The van der Waals surface area contributed by atoms with Gasteiger partial charge in [0.05, 0.1) is 12.1 Å². The molecule has 19 heavy (non-hydrogen) atoms. The van der Waals surface area contributed by atoms with Crippen LogP contribution in [0.1, 0.15) is 43.5 Å². The number of nitrogens with zero attached hydrogens (tertiary/aromatic N) is 1. The van der Waals surface area contributed by atoms with Crippen molar-refractivity contribution in [1.82, 2.24) is 4.90 Å². The van der Waals surface area contributed by atoms with Crippen LogP contribution in [0.25, 0.3) is 0 Å². The second kappa shape index (κ2) is 6.29. The lowest BCUT2D eigenvalue weighted by molar-refractivity contribution is 0.0916. The van der Waals surface area contributed by atoms with Crippen LogP contribution in [0, 0.1) is 11.7 Å². The first-order valence-corrected chi connectivity index (χ1v) is 7.09. The van der Waals surface area contributed by atoms with E-state index in [1.807, 2.05) is 0 Å². The maximum absolute atomic E-state index is 13.6. The van der Waals surface area contributed by atoms with Crippen LogP contribution in [0.4, 0.5) is 4.39 Å². The number of rotatable bonds is 7. The Hall–Kier alpha value is -1.22. The molecule has 1 aliphatic carbocycles. The van der Waals surface area contributed by atoms with Gasteiger partial charge in [-0.25, -0.2) is 4.39 Å². The lowest BCUT2D eigenvalue weighted by Gasteiger charge is -2.22. The van der Waals surface area contributed by atoms with E-state index in [-0.39, 0.29) is 11.3 Å². The number of hydrogen-bond donors (Lipinski definition) is 0. The molecular weight excluding hydrogens is 241 g/mol. The van der Waals surface area contributed by atoms with E-state index in [9.17, 15) is 9.18 Å². The first kappa shape index (κ1) is 14.2. The normalized spacial score (nSPS) is 15.2. The molecule has 0 unspecified atom stereocenters. The van der Waals surface area contributed by atoms with E-state index in [0.717, 1.165) is 13.0 Å². The summed E-state index contributed by atoms with van der Waals surface area (Å²) in [6.45, 7) is 5.65. The molecule has 2 nitrogen and oxygen atoms in total. The minimum atomic E-state index is -0.410. The zero-order chi connectivity index (χ0) is 13.8. The van der Waals surface area contributed by atoms with Crippen LogP contribution in [0.15, 0.2) is 24.3 Å². The first-order chi connectivity index (χ1) is 9.08. The van der Waals surface area contributed by atoms with Gasteiger partial charge >= 0.3 is 0 Å². The smallest absolute Gasteiger partial charge is 0.179 e. The van der Waals surface area contributed by atoms with Crippen molar-refractivity contribution in [3.05, 3.63) is 35.6 Å². The Bertz CT molecular complexity index is 440. The average molecular weight is 263 g/mol. The summed E-state index contributed by atoms with van der Waals surface area (Å²) in [4.78, 5) is 14.4. The molecule has 1 aliphatic rings. The van der Waals surface area contributed by atoms with Gasteiger partial charge in [0.1, 0.15) is 5.82 Å². The average Bonchev–Trinajstić information content (AvgIpc) is 3.18. The lowest BCUT2D eigenvalue weighted by atomic mass is 10.1. The van der Waals surface area contributed by atoms with Gasteiger partial charge in [-0.15, -0.1) is 0 Å². The molecule has 0 spiro atoms. The number of benzene rings is 1. The predicted octanol–water partition coefficient (Wildman–Crippen LogP) is 3.52. The van der Waals surface area contributed by atoms with Crippen LogP contribution in [-0.4, -0.2) is 29.8 Å². The van der Waals surface area contributed by atoms with Crippen LogP contribution in [0.3, 0.4) is 0 Å². The van der Waals surface area contributed by atoms with Crippen LogP contribution in [0.2, 0.25) is 0 Å². The maximum Gasteiger partial charge on any atom is 0.179 e. The maximum atomic E-state index is 13.6. The van der Waals surface area contributed by atoms with Gasteiger partial charge in [0.15, 0.2) is 5.78 Å². The van der Waals surface area contributed by atoms with Crippen LogP contribution in [-0.2, 0) is 0 Å². The molecule has 104 valence electrons. The third-order valence-corrected chi connectivity index (χ3v) is 3.58. The van der Waals surface area contributed by atoms with Crippen molar-refractivity contribution >= 4 is 5.78 Å². The predicted molar refractivity (Wildman–Crippen MR) is 74.8 cm³/mol. The molecule has 0 heterocycles. The Morgan fingerprint density at radius 2 is 2.05 bits per heavy atom. The molecular formula is C16H22FNO. The van der Waals surface area contributed by atoms with Crippen LogP contribution < -0.4 is 0 Å². The van der Waals surface area contributed by atoms with Crippen molar-refractivity contribution in [3.8, 4) is 0 Å². The molecule has 0 saturated heterocycles. The Morgan fingerprint density at radius 3 is 2.63 bits per heavy atom. The summed E-state index contributed by atoms with van der Waals surface area (Å²) in [5, 5.41) is 0. The van der Waals surface area contributed by atoms with Crippen molar-refractivity contribution in [2.45, 2.75) is 39.2 Å². The molecule has 0 aromatic heterocycles. The summed E-state index contributed by atoms with van der Waals surface area (Å²) in [5.74, 6) is 0.116. The highest BCUT2D eigenvalue weighted by Crippen LogP contribution is 2.27. The molecule has 0 amide bonds. The van der Waals surface area contributed by atoms with Gasteiger partial charge in [0, 0.05) is 6.04 Å². The molecule has 0 aliphatic heterocycles. The third kappa shape index (κ3) is 4.13. The number of halogens is 1. The Balaban J connectivity index is 1.97. The summed E-state index contributed by atoms with van der Waals surface area (Å²) < 4.78 is 13.6. The second-order valence-electron chi connectivity index (χ2n) is 5.79. The fourth-order valence-electron chi connectivity index (χ4n) is 2.21. The van der Waals surface area contributed by atoms with Crippen molar-refractivity contribution in [3.63, 3.8) is 0 Å². The van der Waals surface area contributed by atoms with E-state index >= 15 is 0 Å². The van der Waals surface area contributed by atoms with Gasteiger partial charge in [-0.3, -0.25) is 9.69 Å². The molecule has 0 bridgehead atoms. The van der Waals surface area contributed by atoms with Gasteiger partial charge < -0.3 is 0 Å². The Kier molecular flexibility index (Phi) is 4.70. The van der Waals surface area contributed by atoms with Crippen molar-refractivity contribution in [2.24, 2.45) is 5.92 Å². The van der Waals surface area contributed by atoms with E-state index in [1.54, 1.807) is 18.2 Å². The number of ketones is 1. The highest BCUT2D eigenvalue weighted by Gasteiger charge is 2.30. The van der Waals surface area contributed by atoms with E-state index in [2.05, 4.69) is 18.7 Å². The highest BCUT2D eigenvalue weighted by atomic mass is 19.1. The molecule has 0 N–H and O–H groups in total. The summed E-state index contributed by atoms with van der Waals surface area (Å²) in [7, 11) is 0. The fraction of sp³-hybridized carbons (Fsp3) is 0.562. The van der Waals surface area contributed by atoms with Gasteiger partial charge in [0.25, 0.3) is 0 Å². The van der Waals surface area contributed by atoms with E-state index in [1.165, 1.54) is 18.9 Å². The van der Waals surface area contributed by atoms with Gasteiger partial charge in [0.2, 0.25) is 0 Å². The monoisotopic (exact) mass is 263 g/mol. The summed E-state index contributed by atoms with van der Waals surface area (Å²) in [5.41, 5.74) is 0.220. The molecule has 1 fully saturated rings. The van der Waals surface area contributed by atoms with Gasteiger partial charge in [-0.1, -0.05) is 26.0 Å². The number of hydrogen-bond acceptors (Lipinski definition) is 2. The van der Waals surface area contributed by atoms with Gasteiger partial charge in [-0.2, -0.15) is 0 Å². The quantitative estimate of drug-likeness (QED) is 0.702. The third-order valence-electron chi connectivity index (χ3n) is 3.58. The molecule has 3 heteroatoms. The largest absolute Gasteiger partial charge is 0.293 e. The van der Waals surface area contributed by atoms with E-state index < -0.39 is 5.82 Å². The Labute approximate surface area is 114 Å². The van der Waals surface area contributed by atoms with Crippen LogP contribution >= 0.6 is 0 Å². The van der Waals surface area contributed by atoms with Gasteiger partial charge in [-0.05, 0) is 43.9 Å². The molecule has 1 aromatic rings. The zero-order valence-electron chi connectivity index (χ0n) is 11.7.